The number of nitrogens with one attached hydrogen (secondary N) is 1. The van der Waals surface area contributed by atoms with Gasteiger partial charge in [0.05, 0.1) is 6.07 Å². The molecule has 2 nitrogen and oxygen atoms in total. The number of nitrogens with zero attached hydrogens (tertiary/aromatic N) is 1. The van der Waals surface area contributed by atoms with E-state index in [4.69, 9.17) is 11.6 Å². The lowest BCUT2D eigenvalue weighted by atomic mass is 10.0. The third kappa shape index (κ3) is 3.57. The van der Waals surface area contributed by atoms with Gasteiger partial charge in [0.15, 0.2) is 0 Å². The van der Waals surface area contributed by atoms with Gasteiger partial charge in [-0.1, -0.05) is 54.1 Å². The van der Waals surface area contributed by atoms with Crippen molar-refractivity contribution < 1.29 is 0 Å². The van der Waals surface area contributed by atoms with E-state index in [0.29, 0.717) is 5.02 Å². The second kappa shape index (κ2) is 6.38. The Morgan fingerprint density at radius 3 is 2.21 bits per heavy atom. The van der Waals surface area contributed by atoms with Crippen LogP contribution in [0.25, 0.3) is 0 Å². The van der Waals surface area contributed by atoms with Crippen molar-refractivity contribution in [1.29, 1.82) is 5.26 Å². The maximum Gasteiger partial charge on any atom is 0.121 e. The number of benzene rings is 2. The van der Waals surface area contributed by atoms with Gasteiger partial charge in [-0.3, -0.25) is 5.32 Å². The Labute approximate surface area is 118 Å². The molecule has 0 bridgehead atoms. The van der Waals surface area contributed by atoms with Crippen LogP contribution in [-0.2, 0) is 0 Å². The van der Waals surface area contributed by atoms with Crippen molar-refractivity contribution in [2.24, 2.45) is 0 Å². The maximum absolute atomic E-state index is 9.30. The Morgan fingerprint density at radius 2 is 1.63 bits per heavy atom. The summed E-state index contributed by atoms with van der Waals surface area (Å²) in [5.74, 6) is 0. The van der Waals surface area contributed by atoms with Crippen LogP contribution in [0, 0.1) is 11.3 Å². The quantitative estimate of drug-likeness (QED) is 0.901. The molecule has 0 heterocycles. The lowest BCUT2D eigenvalue weighted by Crippen LogP contribution is -2.23. The summed E-state index contributed by atoms with van der Waals surface area (Å²) in [5, 5.41) is 13.3. The zero-order valence-corrected chi connectivity index (χ0v) is 11.4. The summed E-state index contributed by atoms with van der Waals surface area (Å²) in [4.78, 5) is 0. The van der Waals surface area contributed by atoms with E-state index in [1.807, 2.05) is 42.5 Å². The second-order valence-corrected chi connectivity index (χ2v) is 4.85. The van der Waals surface area contributed by atoms with Crippen LogP contribution in [-0.4, -0.2) is 0 Å². The molecular formula is C16H15ClN2. The molecule has 1 N–H and O–H groups in total. The Kier molecular flexibility index (Phi) is 4.57. The zero-order valence-electron chi connectivity index (χ0n) is 10.7. The standard InChI is InChI=1S/C16H15ClN2/c1-12(13-5-3-2-4-6-13)19-16(11-18)14-7-9-15(17)10-8-14/h2-10,12,16,19H,1H3/t12-,16-/m1/s1. The first-order valence-electron chi connectivity index (χ1n) is 6.17. The molecule has 0 spiro atoms. The Balaban J connectivity index is 2.12. The van der Waals surface area contributed by atoms with E-state index in [1.165, 1.54) is 0 Å². The van der Waals surface area contributed by atoms with E-state index < -0.39 is 0 Å². The molecule has 96 valence electrons. The molecule has 0 aliphatic carbocycles. The van der Waals surface area contributed by atoms with Crippen LogP contribution in [0.2, 0.25) is 5.02 Å². The molecule has 2 aromatic carbocycles. The molecule has 0 aromatic heterocycles. The SMILES string of the molecule is C[C@@H](N[C@H](C#N)c1ccc(Cl)cc1)c1ccccc1. The van der Waals surface area contributed by atoms with E-state index in [9.17, 15) is 5.26 Å². The molecule has 0 aliphatic rings. The van der Waals surface area contributed by atoms with E-state index in [0.717, 1.165) is 11.1 Å². The Morgan fingerprint density at radius 1 is 1.00 bits per heavy atom. The topological polar surface area (TPSA) is 35.8 Å². The highest BCUT2D eigenvalue weighted by Gasteiger charge is 2.14. The average Bonchev–Trinajstić information content (AvgIpc) is 2.46. The van der Waals surface area contributed by atoms with Gasteiger partial charge in [-0.25, -0.2) is 0 Å². The molecule has 0 saturated carbocycles. The Hall–Kier alpha value is -1.82. The number of hydrogen-bond acceptors (Lipinski definition) is 2. The minimum atomic E-state index is -0.340. The molecule has 19 heavy (non-hydrogen) atoms. The van der Waals surface area contributed by atoms with Crippen LogP contribution in [0.4, 0.5) is 0 Å². The monoisotopic (exact) mass is 270 g/mol. The van der Waals surface area contributed by atoms with Gasteiger partial charge in [0, 0.05) is 11.1 Å². The molecule has 0 fully saturated rings. The van der Waals surface area contributed by atoms with Crippen molar-refractivity contribution in [3.05, 3.63) is 70.7 Å². The fraction of sp³-hybridized carbons (Fsp3) is 0.188. The Bertz CT molecular complexity index is 558. The lowest BCUT2D eigenvalue weighted by molar-refractivity contribution is 0.533. The van der Waals surface area contributed by atoms with E-state index in [-0.39, 0.29) is 12.1 Å². The summed E-state index contributed by atoms with van der Waals surface area (Å²) in [6.07, 6.45) is 0. The summed E-state index contributed by atoms with van der Waals surface area (Å²) < 4.78 is 0. The van der Waals surface area contributed by atoms with Crippen molar-refractivity contribution >= 4 is 11.6 Å². The molecular weight excluding hydrogens is 256 g/mol. The van der Waals surface area contributed by atoms with Gasteiger partial charge in [0.1, 0.15) is 6.04 Å². The van der Waals surface area contributed by atoms with Gasteiger partial charge >= 0.3 is 0 Å². The van der Waals surface area contributed by atoms with Crippen molar-refractivity contribution in [1.82, 2.24) is 5.32 Å². The van der Waals surface area contributed by atoms with Gasteiger partial charge in [0.25, 0.3) is 0 Å². The number of nitriles is 1. The summed E-state index contributed by atoms with van der Waals surface area (Å²) in [6, 6.07) is 19.5. The van der Waals surface area contributed by atoms with Crippen LogP contribution >= 0.6 is 11.6 Å². The molecule has 3 heteroatoms. The third-order valence-corrected chi connectivity index (χ3v) is 3.30. The van der Waals surface area contributed by atoms with Gasteiger partial charge in [-0.05, 0) is 30.2 Å². The van der Waals surface area contributed by atoms with Gasteiger partial charge < -0.3 is 0 Å². The fourth-order valence-corrected chi connectivity index (χ4v) is 2.08. The van der Waals surface area contributed by atoms with Crippen LogP contribution in [0.3, 0.4) is 0 Å². The smallest absolute Gasteiger partial charge is 0.121 e. The van der Waals surface area contributed by atoms with E-state index in [1.54, 1.807) is 12.1 Å². The lowest BCUT2D eigenvalue weighted by Gasteiger charge is -2.19. The van der Waals surface area contributed by atoms with Crippen LogP contribution in [0.5, 0.6) is 0 Å². The van der Waals surface area contributed by atoms with E-state index >= 15 is 0 Å². The fourth-order valence-electron chi connectivity index (χ4n) is 1.95. The summed E-state index contributed by atoms with van der Waals surface area (Å²) >= 11 is 5.86. The third-order valence-electron chi connectivity index (χ3n) is 3.05. The molecule has 0 aliphatic heterocycles. The molecule has 0 radical (unpaired) electrons. The van der Waals surface area contributed by atoms with Crippen molar-refractivity contribution in [3.63, 3.8) is 0 Å². The first kappa shape index (κ1) is 13.6. The molecule has 2 rings (SSSR count). The van der Waals surface area contributed by atoms with Gasteiger partial charge in [-0.15, -0.1) is 0 Å². The number of hydrogen-bond donors (Lipinski definition) is 1. The predicted octanol–water partition coefficient (Wildman–Crippen LogP) is 4.26. The minimum absolute atomic E-state index is 0.113. The van der Waals surface area contributed by atoms with Crippen molar-refractivity contribution in [2.45, 2.75) is 19.0 Å². The average molecular weight is 271 g/mol. The number of halogens is 1. The maximum atomic E-state index is 9.30. The summed E-state index contributed by atoms with van der Waals surface area (Å²) in [5.41, 5.74) is 2.09. The highest BCUT2D eigenvalue weighted by atomic mass is 35.5. The molecule has 2 aromatic rings. The van der Waals surface area contributed by atoms with Gasteiger partial charge in [0.2, 0.25) is 0 Å². The largest absolute Gasteiger partial charge is 0.292 e. The summed E-state index contributed by atoms with van der Waals surface area (Å²) in [7, 11) is 0. The van der Waals surface area contributed by atoms with Crippen molar-refractivity contribution in [2.75, 3.05) is 0 Å². The van der Waals surface area contributed by atoms with Crippen molar-refractivity contribution in [3.8, 4) is 6.07 Å². The second-order valence-electron chi connectivity index (χ2n) is 4.41. The van der Waals surface area contributed by atoms with Crippen LogP contribution in [0.15, 0.2) is 54.6 Å². The molecule has 0 amide bonds. The van der Waals surface area contributed by atoms with Gasteiger partial charge in [-0.2, -0.15) is 5.26 Å². The highest BCUT2D eigenvalue weighted by Crippen LogP contribution is 2.20. The first-order chi connectivity index (χ1) is 9.20. The highest BCUT2D eigenvalue weighted by molar-refractivity contribution is 6.30. The molecule has 0 saturated heterocycles. The summed E-state index contributed by atoms with van der Waals surface area (Å²) in [6.45, 7) is 2.05. The zero-order chi connectivity index (χ0) is 13.7. The minimum Gasteiger partial charge on any atom is -0.292 e. The van der Waals surface area contributed by atoms with Crippen LogP contribution in [0.1, 0.15) is 30.1 Å². The molecule has 0 unspecified atom stereocenters. The van der Waals surface area contributed by atoms with Crippen LogP contribution < -0.4 is 5.32 Å². The first-order valence-corrected chi connectivity index (χ1v) is 6.54. The number of rotatable bonds is 4. The predicted molar refractivity (Wildman–Crippen MR) is 77.8 cm³/mol. The van der Waals surface area contributed by atoms with E-state index in [2.05, 4.69) is 18.3 Å². The molecule has 2 atom stereocenters. The normalized spacial score (nSPS) is 13.5.